The van der Waals surface area contributed by atoms with Crippen LogP contribution in [0.4, 0.5) is 8.78 Å². The SMILES string of the molecule is CN1C(N)=NC(c2cc(/C=C(\F)c3cc4nccnc4cn3)ccc2F)CS1(=O)=O. The molecule has 8 nitrogen and oxygen atoms in total. The molecule has 30 heavy (non-hydrogen) atoms. The van der Waals surface area contributed by atoms with Crippen LogP contribution in [-0.4, -0.2) is 46.4 Å². The van der Waals surface area contributed by atoms with Gasteiger partial charge < -0.3 is 5.73 Å². The zero-order valence-electron chi connectivity index (χ0n) is 15.7. The van der Waals surface area contributed by atoms with Gasteiger partial charge in [0, 0.05) is 25.0 Å². The Bertz CT molecular complexity index is 1310. The van der Waals surface area contributed by atoms with Crippen LogP contribution in [0.15, 0.2) is 47.8 Å². The van der Waals surface area contributed by atoms with Gasteiger partial charge in [0.2, 0.25) is 16.0 Å². The highest BCUT2D eigenvalue weighted by Gasteiger charge is 2.32. The Morgan fingerprint density at radius 2 is 1.93 bits per heavy atom. The predicted octanol–water partition coefficient (Wildman–Crippen LogP) is 2.26. The van der Waals surface area contributed by atoms with Crippen LogP contribution in [0, 0.1) is 5.82 Å². The summed E-state index contributed by atoms with van der Waals surface area (Å²) in [6, 6.07) is 4.27. The van der Waals surface area contributed by atoms with Crippen molar-refractivity contribution < 1.29 is 17.2 Å². The zero-order valence-corrected chi connectivity index (χ0v) is 16.5. The van der Waals surface area contributed by atoms with Gasteiger partial charge >= 0.3 is 0 Å². The molecule has 0 saturated carbocycles. The van der Waals surface area contributed by atoms with E-state index in [2.05, 4.69) is 19.9 Å². The molecule has 154 valence electrons. The largest absolute Gasteiger partial charge is 0.369 e. The quantitative estimate of drug-likeness (QED) is 0.682. The zero-order chi connectivity index (χ0) is 21.5. The highest BCUT2D eigenvalue weighted by atomic mass is 32.2. The summed E-state index contributed by atoms with van der Waals surface area (Å²) in [7, 11) is -2.45. The molecule has 11 heteroatoms. The average Bonchev–Trinajstić information content (AvgIpc) is 2.72. The van der Waals surface area contributed by atoms with Crippen LogP contribution >= 0.6 is 0 Å². The molecule has 0 aliphatic carbocycles. The maximum Gasteiger partial charge on any atom is 0.239 e. The topological polar surface area (TPSA) is 114 Å². The number of halogens is 2. The number of aliphatic imine (C=N–C) groups is 1. The summed E-state index contributed by atoms with van der Waals surface area (Å²) < 4.78 is 54.4. The molecule has 1 atom stereocenters. The van der Waals surface area contributed by atoms with Crippen LogP contribution in [0.2, 0.25) is 0 Å². The van der Waals surface area contributed by atoms with Crippen molar-refractivity contribution in [2.24, 2.45) is 10.7 Å². The summed E-state index contributed by atoms with van der Waals surface area (Å²) in [4.78, 5) is 16.3. The number of nitrogens with zero attached hydrogens (tertiary/aromatic N) is 5. The van der Waals surface area contributed by atoms with E-state index < -0.39 is 33.5 Å². The number of guanidine groups is 1. The van der Waals surface area contributed by atoms with Crippen molar-refractivity contribution in [3.63, 3.8) is 0 Å². The van der Waals surface area contributed by atoms with Crippen molar-refractivity contribution in [3.8, 4) is 0 Å². The normalized spacial score (nSPS) is 19.0. The minimum absolute atomic E-state index is 0.00788. The van der Waals surface area contributed by atoms with Gasteiger partial charge in [-0.2, -0.15) is 0 Å². The Morgan fingerprint density at radius 3 is 2.67 bits per heavy atom. The van der Waals surface area contributed by atoms with Gasteiger partial charge in [-0.3, -0.25) is 15.0 Å². The molecule has 0 saturated heterocycles. The number of fused-ring (bicyclic) bond motifs is 1. The lowest BCUT2D eigenvalue weighted by Gasteiger charge is -2.27. The molecule has 1 aliphatic heterocycles. The molecule has 1 aromatic carbocycles. The molecule has 0 amide bonds. The lowest BCUT2D eigenvalue weighted by Crippen LogP contribution is -2.45. The standard InChI is InChI=1S/C19H16F2N6O2S/c1-27-19(22)26-18(10-30(27,28)29)12-6-11(2-3-13(12)20)7-14(21)15-8-16-17(9-25-15)24-5-4-23-16/h2-9,18H,10H2,1H3,(H2,22,26)/b14-7-. The smallest absolute Gasteiger partial charge is 0.239 e. The van der Waals surface area contributed by atoms with Crippen molar-refractivity contribution >= 4 is 38.9 Å². The summed E-state index contributed by atoms with van der Waals surface area (Å²) in [5, 5.41) is 0. The van der Waals surface area contributed by atoms with E-state index in [1.54, 1.807) is 0 Å². The van der Waals surface area contributed by atoms with E-state index in [0.29, 0.717) is 16.6 Å². The number of hydrogen-bond acceptors (Lipinski definition) is 7. The Labute approximate surface area is 170 Å². The second-order valence-electron chi connectivity index (χ2n) is 6.64. The molecule has 3 aromatic rings. The Hall–Kier alpha value is -3.47. The molecule has 2 aromatic heterocycles. The van der Waals surface area contributed by atoms with Crippen molar-refractivity contribution in [1.82, 2.24) is 19.3 Å². The fourth-order valence-corrected chi connectivity index (χ4v) is 4.23. The van der Waals surface area contributed by atoms with Crippen molar-refractivity contribution in [2.75, 3.05) is 12.8 Å². The highest BCUT2D eigenvalue weighted by molar-refractivity contribution is 7.89. The Balaban J connectivity index is 1.70. The van der Waals surface area contributed by atoms with Crippen LogP contribution in [0.3, 0.4) is 0 Å². The van der Waals surface area contributed by atoms with Crippen molar-refractivity contribution in [1.29, 1.82) is 0 Å². The second-order valence-corrected chi connectivity index (χ2v) is 8.68. The molecule has 0 fully saturated rings. The Morgan fingerprint density at radius 1 is 1.20 bits per heavy atom. The number of benzene rings is 1. The molecule has 1 unspecified atom stereocenters. The second kappa shape index (κ2) is 7.41. The fourth-order valence-electron chi connectivity index (χ4n) is 3.02. The summed E-state index contributed by atoms with van der Waals surface area (Å²) in [6.07, 6.45) is 5.57. The van der Waals surface area contributed by atoms with Gasteiger partial charge in [-0.15, -0.1) is 0 Å². The lowest BCUT2D eigenvalue weighted by molar-refractivity contribution is 0.525. The van der Waals surface area contributed by atoms with Crippen LogP contribution in [-0.2, 0) is 10.0 Å². The van der Waals surface area contributed by atoms with Crippen LogP contribution in [0.1, 0.15) is 22.9 Å². The Kier molecular flexibility index (Phi) is 4.90. The first kappa shape index (κ1) is 19.8. The molecule has 4 rings (SSSR count). The molecular weight excluding hydrogens is 414 g/mol. The highest BCUT2D eigenvalue weighted by Crippen LogP contribution is 2.29. The van der Waals surface area contributed by atoms with Gasteiger partial charge in [-0.25, -0.2) is 26.5 Å². The monoisotopic (exact) mass is 430 g/mol. The maximum atomic E-state index is 14.8. The van der Waals surface area contributed by atoms with Gasteiger partial charge in [0.1, 0.15) is 22.9 Å². The van der Waals surface area contributed by atoms with Crippen molar-refractivity contribution in [3.05, 3.63) is 65.5 Å². The molecular formula is C19H16F2N6O2S. The lowest BCUT2D eigenvalue weighted by atomic mass is 10.0. The van der Waals surface area contributed by atoms with Crippen LogP contribution < -0.4 is 5.73 Å². The van der Waals surface area contributed by atoms with E-state index in [4.69, 9.17) is 5.73 Å². The van der Waals surface area contributed by atoms with Crippen LogP contribution in [0.25, 0.3) is 22.9 Å². The fraction of sp³-hybridized carbons (Fsp3) is 0.158. The minimum atomic E-state index is -3.73. The summed E-state index contributed by atoms with van der Waals surface area (Å²) in [5.74, 6) is -2.01. The number of pyridine rings is 1. The first-order valence-electron chi connectivity index (χ1n) is 8.78. The number of hydrogen-bond donors (Lipinski definition) is 1. The third-order valence-electron chi connectivity index (χ3n) is 4.67. The number of nitrogens with two attached hydrogens (primary N) is 1. The molecule has 0 bridgehead atoms. The molecule has 3 heterocycles. The van der Waals surface area contributed by atoms with E-state index in [9.17, 15) is 17.2 Å². The third-order valence-corrected chi connectivity index (χ3v) is 6.43. The maximum absolute atomic E-state index is 14.8. The molecule has 2 N–H and O–H groups in total. The molecule has 0 radical (unpaired) electrons. The first-order chi connectivity index (χ1) is 14.2. The number of sulfonamides is 1. The summed E-state index contributed by atoms with van der Waals surface area (Å²) in [6.45, 7) is 0. The van der Waals surface area contributed by atoms with E-state index in [1.807, 2.05) is 0 Å². The predicted molar refractivity (Wildman–Crippen MR) is 109 cm³/mol. The van der Waals surface area contributed by atoms with E-state index >= 15 is 0 Å². The van der Waals surface area contributed by atoms with E-state index in [0.717, 1.165) is 10.4 Å². The average molecular weight is 430 g/mol. The summed E-state index contributed by atoms with van der Waals surface area (Å²) >= 11 is 0. The third kappa shape index (κ3) is 3.71. The molecule has 1 aliphatic rings. The minimum Gasteiger partial charge on any atom is -0.369 e. The van der Waals surface area contributed by atoms with Crippen molar-refractivity contribution in [2.45, 2.75) is 6.04 Å². The van der Waals surface area contributed by atoms with Gasteiger partial charge in [0.15, 0.2) is 0 Å². The van der Waals surface area contributed by atoms with Gasteiger partial charge in [-0.1, -0.05) is 6.07 Å². The van der Waals surface area contributed by atoms with E-state index in [-0.39, 0.29) is 17.2 Å². The van der Waals surface area contributed by atoms with Gasteiger partial charge in [-0.05, 0) is 29.8 Å². The number of aromatic nitrogens is 3. The molecule has 0 spiro atoms. The first-order valence-corrected chi connectivity index (χ1v) is 10.4. The summed E-state index contributed by atoms with van der Waals surface area (Å²) in [5.41, 5.74) is 7.02. The van der Waals surface area contributed by atoms with Gasteiger partial charge in [0.05, 0.1) is 23.5 Å². The number of rotatable bonds is 3. The van der Waals surface area contributed by atoms with E-state index in [1.165, 1.54) is 49.9 Å². The van der Waals surface area contributed by atoms with Gasteiger partial charge in [0.25, 0.3) is 0 Å². The van der Waals surface area contributed by atoms with Crippen LogP contribution in [0.5, 0.6) is 0 Å².